The Morgan fingerprint density at radius 2 is 2.33 bits per heavy atom. The standard InChI is InChI=1S/C6H9ClN2/c7-6-3-5(8-9-6)4-1-2-4/h4-5,8H,1-3H2. The summed E-state index contributed by atoms with van der Waals surface area (Å²) < 4.78 is 0. The third kappa shape index (κ3) is 1.04. The van der Waals surface area contributed by atoms with Crippen LogP contribution in [-0.4, -0.2) is 11.2 Å². The number of hydrazone groups is 1. The first kappa shape index (κ1) is 5.54. The third-order valence-electron chi connectivity index (χ3n) is 1.93. The Balaban J connectivity index is 1.91. The second kappa shape index (κ2) is 1.87. The molecule has 3 heteroatoms. The van der Waals surface area contributed by atoms with Crippen LogP contribution in [0.15, 0.2) is 5.10 Å². The Bertz CT molecular complexity index is 151. The largest absolute Gasteiger partial charge is 0.305 e. The van der Waals surface area contributed by atoms with E-state index < -0.39 is 0 Å². The first-order valence-electron chi connectivity index (χ1n) is 3.34. The Kier molecular flexibility index (Phi) is 1.15. The van der Waals surface area contributed by atoms with Crippen LogP contribution < -0.4 is 5.43 Å². The van der Waals surface area contributed by atoms with Gasteiger partial charge in [0.1, 0.15) is 5.17 Å². The molecular weight excluding hydrogens is 136 g/mol. The Labute approximate surface area is 59.3 Å². The fraction of sp³-hybridized carbons (Fsp3) is 0.833. The maximum absolute atomic E-state index is 5.67. The van der Waals surface area contributed by atoms with E-state index in [-0.39, 0.29) is 0 Å². The van der Waals surface area contributed by atoms with Gasteiger partial charge in [0.2, 0.25) is 0 Å². The van der Waals surface area contributed by atoms with Crippen LogP contribution in [0.1, 0.15) is 19.3 Å². The molecule has 50 valence electrons. The predicted molar refractivity (Wildman–Crippen MR) is 37.6 cm³/mol. The van der Waals surface area contributed by atoms with Crippen molar-refractivity contribution in [2.45, 2.75) is 25.3 Å². The lowest BCUT2D eigenvalue weighted by molar-refractivity contribution is 0.523. The lowest BCUT2D eigenvalue weighted by Gasteiger charge is -2.04. The van der Waals surface area contributed by atoms with E-state index in [0.717, 1.165) is 17.5 Å². The van der Waals surface area contributed by atoms with Crippen LogP contribution in [-0.2, 0) is 0 Å². The highest BCUT2D eigenvalue weighted by atomic mass is 35.5. The summed E-state index contributed by atoms with van der Waals surface area (Å²) in [6.45, 7) is 0. The van der Waals surface area contributed by atoms with Gasteiger partial charge in [0.15, 0.2) is 0 Å². The van der Waals surface area contributed by atoms with Crippen molar-refractivity contribution in [1.82, 2.24) is 5.43 Å². The summed E-state index contributed by atoms with van der Waals surface area (Å²) in [7, 11) is 0. The van der Waals surface area contributed by atoms with Gasteiger partial charge in [0, 0.05) is 6.42 Å². The molecule has 1 atom stereocenters. The third-order valence-corrected chi connectivity index (χ3v) is 2.17. The van der Waals surface area contributed by atoms with Crippen molar-refractivity contribution in [1.29, 1.82) is 0 Å². The monoisotopic (exact) mass is 144 g/mol. The molecule has 0 aromatic carbocycles. The fourth-order valence-electron chi connectivity index (χ4n) is 1.20. The maximum atomic E-state index is 5.67. The zero-order valence-electron chi connectivity index (χ0n) is 5.10. The van der Waals surface area contributed by atoms with E-state index in [1.54, 1.807) is 0 Å². The van der Waals surface area contributed by atoms with Crippen LogP contribution in [0.3, 0.4) is 0 Å². The Morgan fingerprint density at radius 3 is 2.78 bits per heavy atom. The van der Waals surface area contributed by atoms with Gasteiger partial charge in [-0.1, -0.05) is 11.6 Å². The van der Waals surface area contributed by atoms with Gasteiger partial charge < -0.3 is 5.43 Å². The summed E-state index contributed by atoms with van der Waals surface area (Å²) in [5.41, 5.74) is 3.02. The lowest BCUT2D eigenvalue weighted by atomic mass is 10.1. The minimum atomic E-state index is 0.567. The molecule has 0 saturated heterocycles. The van der Waals surface area contributed by atoms with E-state index in [0.29, 0.717) is 6.04 Å². The summed E-state index contributed by atoms with van der Waals surface area (Å²) in [5, 5.41) is 4.65. The average molecular weight is 145 g/mol. The molecule has 1 aliphatic heterocycles. The van der Waals surface area contributed by atoms with Gasteiger partial charge in [-0.05, 0) is 18.8 Å². The van der Waals surface area contributed by atoms with Gasteiger partial charge in [-0.2, -0.15) is 5.10 Å². The van der Waals surface area contributed by atoms with Crippen LogP contribution in [0.25, 0.3) is 0 Å². The molecule has 0 spiro atoms. The van der Waals surface area contributed by atoms with Crippen molar-refractivity contribution in [3.8, 4) is 0 Å². The van der Waals surface area contributed by atoms with Crippen molar-refractivity contribution >= 4 is 16.8 Å². The van der Waals surface area contributed by atoms with Crippen molar-refractivity contribution in [3.63, 3.8) is 0 Å². The van der Waals surface area contributed by atoms with Crippen molar-refractivity contribution in [2.75, 3.05) is 0 Å². The number of rotatable bonds is 1. The zero-order valence-corrected chi connectivity index (χ0v) is 5.86. The van der Waals surface area contributed by atoms with Crippen molar-refractivity contribution in [3.05, 3.63) is 0 Å². The van der Waals surface area contributed by atoms with Crippen LogP contribution in [0, 0.1) is 5.92 Å². The highest BCUT2D eigenvalue weighted by molar-refractivity contribution is 6.65. The van der Waals surface area contributed by atoms with Crippen molar-refractivity contribution in [2.24, 2.45) is 11.0 Å². The van der Waals surface area contributed by atoms with E-state index in [1.807, 2.05) is 0 Å². The second-order valence-corrected chi connectivity index (χ2v) is 3.20. The number of halogens is 1. The van der Waals surface area contributed by atoms with Crippen LogP contribution >= 0.6 is 11.6 Å². The van der Waals surface area contributed by atoms with Crippen molar-refractivity contribution < 1.29 is 0 Å². The summed E-state index contributed by atoms with van der Waals surface area (Å²) >= 11 is 5.67. The van der Waals surface area contributed by atoms with Crippen LogP contribution in [0.5, 0.6) is 0 Å². The molecule has 0 bridgehead atoms. The molecule has 1 saturated carbocycles. The molecule has 0 aromatic heterocycles. The molecule has 0 radical (unpaired) electrons. The first-order valence-corrected chi connectivity index (χ1v) is 3.71. The number of hydrogen-bond acceptors (Lipinski definition) is 2. The van der Waals surface area contributed by atoms with Gasteiger partial charge in [-0.3, -0.25) is 0 Å². The Hall–Kier alpha value is -0.240. The van der Waals surface area contributed by atoms with Gasteiger partial charge >= 0.3 is 0 Å². The van der Waals surface area contributed by atoms with Gasteiger partial charge in [-0.15, -0.1) is 0 Å². The smallest absolute Gasteiger partial charge is 0.128 e. The van der Waals surface area contributed by atoms with E-state index in [4.69, 9.17) is 11.6 Å². The number of nitrogens with one attached hydrogen (secondary N) is 1. The van der Waals surface area contributed by atoms with E-state index in [1.165, 1.54) is 12.8 Å². The van der Waals surface area contributed by atoms with E-state index in [2.05, 4.69) is 10.5 Å². The molecule has 1 fully saturated rings. The quantitative estimate of drug-likeness (QED) is 0.590. The first-order chi connectivity index (χ1) is 4.36. The van der Waals surface area contributed by atoms with Crippen LogP contribution in [0.2, 0.25) is 0 Å². The van der Waals surface area contributed by atoms with E-state index in [9.17, 15) is 0 Å². The minimum Gasteiger partial charge on any atom is -0.305 e. The van der Waals surface area contributed by atoms with E-state index >= 15 is 0 Å². The number of hydrogen-bond donors (Lipinski definition) is 1. The Morgan fingerprint density at radius 1 is 1.56 bits per heavy atom. The molecule has 1 aliphatic carbocycles. The number of nitrogens with zero attached hydrogens (tertiary/aromatic N) is 1. The highest BCUT2D eigenvalue weighted by Crippen LogP contribution is 2.35. The summed E-state index contributed by atoms with van der Waals surface area (Å²) in [4.78, 5) is 0. The highest BCUT2D eigenvalue weighted by Gasteiger charge is 2.33. The molecule has 0 aromatic rings. The summed E-state index contributed by atoms with van der Waals surface area (Å²) in [6.07, 6.45) is 3.67. The average Bonchev–Trinajstić information content (AvgIpc) is 2.58. The predicted octanol–water partition coefficient (Wildman–Crippen LogP) is 1.31. The van der Waals surface area contributed by atoms with Gasteiger partial charge in [0.05, 0.1) is 6.04 Å². The summed E-state index contributed by atoms with van der Waals surface area (Å²) in [5.74, 6) is 0.866. The fourth-order valence-corrected chi connectivity index (χ4v) is 1.41. The SMILES string of the molecule is ClC1=NNC(C2CC2)C1. The van der Waals surface area contributed by atoms with Crippen LogP contribution in [0.4, 0.5) is 0 Å². The normalized spacial score (nSPS) is 33.9. The molecule has 1 N–H and O–H groups in total. The molecule has 1 heterocycles. The molecule has 2 aliphatic rings. The second-order valence-electron chi connectivity index (χ2n) is 2.77. The molecule has 2 rings (SSSR count). The molecule has 9 heavy (non-hydrogen) atoms. The van der Waals surface area contributed by atoms with Gasteiger partial charge in [-0.25, -0.2) is 0 Å². The molecule has 0 amide bonds. The topological polar surface area (TPSA) is 24.4 Å². The molecule has 2 nitrogen and oxygen atoms in total. The zero-order chi connectivity index (χ0) is 6.27. The molecular formula is C6H9ClN2. The minimum absolute atomic E-state index is 0.567. The van der Waals surface area contributed by atoms with Gasteiger partial charge in [0.25, 0.3) is 0 Å². The maximum Gasteiger partial charge on any atom is 0.128 e. The molecule has 1 unspecified atom stereocenters. The summed E-state index contributed by atoms with van der Waals surface area (Å²) in [6, 6.07) is 0.567. The lowest BCUT2D eigenvalue weighted by Crippen LogP contribution is -2.21.